The number of nitrogens with zero attached hydrogens (tertiary/aromatic N) is 1. The normalized spacial score (nSPS) is 19.7. The first-order valence-electron chi connectivity index (χ1n) is 9.73. The first kappa shape index (κ1) is 22.4. The number of benzene rings is 2. The lowest BCUT2D eigenvalue weighted by Gasteiger charge is -2.24. The van der Waals surface area contributed by atoms with Gasteiger partial charge < -0.3 is 24.6 Å². The quantitative estimate of drug-likeness (QED) is 0.529. The molecule has 0 radical (unpaired) electrons. The highest BCUT2D eigenvalue weighted by Gasteiger charge is 2.37. The third kappa shape index (κ3) is 3.70. The van der Waals surface area contributed by atoms with Crippen molar-refractivity contribution < 1.29 is 32.9 Å². The summed E-state index contributed by atoms with van der Waals surface area (Å²) in [5, 5.41) is 30.3. The molecule has 0 unspecified atom stereocenters. The van der Waals surface area contributed by atoms with Gasteiger partial charge in [0.25, 0.3) is 0 Å². The molecule has 1 saturated heterocycles. The molecule has 2 aromatic carbocycles. The van der Waals surface area contributed by atoms with Crippen LogP contribution in [0.3, 0.4) is 0 Å². The van der Waals surface area contributed by atoms with E-state index in [0.29, 0.717) is 13.0 Å². The lowest BCUT2D eigenvalue weighted by atomic mass is 9.89. The molecule has 4 rings (SSSR count). The van der Waals surface area contributed by atoms with Gasteiger partial charge in [0.15, 0.2) is 5.43 Å². The molecule has 6 nitrogen and oxygen atoms in total. The second-order valence-corrected chi connectivity index (χ2v) is 8.23. The van der Waals surface area contributed by atoms with Gasteiger partial charge in [0.1, 0.15) is 28.2 Å². The molecule has 2 atom stereocenters. The van der Waals surface area contributed by atoms with Gasteiger partial charge in [-0.25, -0.2) is 0 Å². The number of aliphatic hydroxyl groups excluding tert-OH is 1. The van der Waals surface area contributed by atoms with Gasteiger partial charge in [-0.3, -0.25) is 4.79 Å². The second kappa shape index (κ2) is 7.99. The minimum atomic E-state index is -4.59. The number of aliphatic hydroxyl groups is 1. The lowest BCUT2D eigenvalue weighted by Crippen LogP contribution is -2.32. The number of phenols is 2. The molecule has 1 fully saturated rings. The van der Waals surface area contributed by atoms with E-state index >= 15 is 0 Å². The van der Waals surface area contributed by atoms with Crippen LogP contribution >= 0.6 is 11.6 Å². The van der Waals surface area contributed by atoms with Gasteiger partial charge in [0.05, 0.1) is 17.2 Å². The fraction of sp³-hybridized carbons (Fsp3) is 0.318. The minimum absolute atomic E-state index is 0.0506. The summed E-state index contributed by atoms with van der Waals surface area (Å²) < 4.78 is 44.8. The molecule has 2 heterocycles. The van der Waals surface area contributed by atoms with Gasteiger partial charge in [-0.2, -0.15) is 13.2 Å². The Labute approximate surface area is 185 Å². The topological polar surface area (TPSA) is 94.1 Å². The Hall–Kier alpha value is -2.75. The van der Waals surface area contributed by atoms with Gasteiger partial charge in [-0.15, -0.1) is 0 Å². The maximum absolute atomic E-state index is 13.0. The van der Waals surface area contributed by atoms with Crippen LogP contribution in [0.15, 0.2) is 39.5 Å². The second-order valence-electron chi connectivity index (χ2n) is 7.83. The van der Waals surface area contributed by atoms with Gasteiger partial charge in [0.2, 0.25) is 0 Å². The first-order valence-corrected chi connectivity index (χ1v) is 10.1. The van der Waals surface area contributed by atoms with Crippen LogP contribution in [0.1, 0.15) is 23.5 Å². The van der Waals surface area contributed by atoms with Crippen molar-refractivity contribution in [2.24, 2.45) is 0 Å². The van der Waals surface area contributed by atoms with Crippen LogP contribution in [0.4, 0.5) is 13.2 Å². The number of alkyl halides is 3. The molecule has 0 bridgehead atoms. The van der Waals surface area contributed by atoms with Crippen molar-refractivity contribution in [1.29, 1.82) is 0 Å². The van der Waals surface area contributed by atoms with Crippen molar-refractivity contribution >= 4 is 22.6 Å². The van der Waals surface area contributed by atoms with Gasteiger partial charge in [0, 0.05) is 35.2 Å². The van der Waals surface area contributed by atoms with Crippen molar-refractivity contribution in [3.05, 3.63) is 56.7 Å². The average Bonchev–Trinajstić information content (AvgIpc) is 3.06. The van der Waals surface area contributed by atoms with E-state index in [2.05, 4.69) is 0 Å². The fourth-order valence-corrected chi connectivity index (χ4v) is 4.59. The highest BCUT2D eigenvalue weighted by molar-refractivity contribution is 6.33. The highest BCUT2D eigenvalue weighted by Crippen LogP contribution is 2.44. The van der Waals surface area contributed by atoms with E-state index < -0.39 is 28.8 Å². The summed E-state index contributed by atoms with van der Waals surface area (Å²) in [5.74, 6) is -1.33. The summed E-state index contributed by atoms with van der Waals surface area (Å²) in [6, 6.07) is 4.36. The molecule has 0 aliphatic carbocycles. The number of aromatic hydroxyl groups is 2. The minimum Gasteiger partial charge on any atom is -0.507 e. The summed E-state index contributed by atoms with van der Waals surface area (Å²) in [5.41, 5.74) is -1.41. The van der Waals surface area contributed by atoms with Crippen LogP contribution in [-0.4, -0.2) is 46.5 Å². The number of likely N-dealkylation sites (N-methyl/N-ethyl adjacent to an activating group) is 1. The molecule has 32 heavy (non-hydrogen) atoms. The Balaban J connectivity index is 1.96. The molecule has 3 aromatic rings. The molecule has 10 heteroatoms. The van der Waals surface area contributed by atoms with Crippen molar-refractivity contribution in [2.45, 2.75) is 24.6 Å². The number of rotatable bonds is 3. The Kier molecular flexibility index (Phi) is 5.60. The fourth-order valence-electron chi connectivity index (χ4n) is 4.32. The largest absolute Gasteiger partial charge is 0.507 e. The van der Waals surface area contributed by atoms with Gasteiger partial charge in [-0.05, 0) is 38.2 Å². The van der Waals surface area contributed by atoms with Gasteiger partial charge in [-0.1, -0.05) is 11.6 Å². The van der Waals surface area contributed by atoms with Crippen molar-refractivity contribution in [3.8, 4) is 22.8 Å². The number of hydrogen-bond donors (Lipinski definition) is 3. The van der Waals surface area contributed by atoms with E-state index in [1.54, 1.807) is 0 Å². The molecular formula is C22H19ClF3NO5. The van der Waals surface area contributed by atoms with E-state index in [9.17, 15) is 33.3 Å². The van der Waals surface area contributed by atoms with Crippen LogP contribution in [0.5, 0.6) is 11.5 Å². The van der Waals surface area contributed by atoms with Crippen LogP contribution in [0.25, 0.3) is 22.3 Å². The van der Waals surface area contributed by atoms with Crippen LogP contribution in [0.2, 0.25) is 5.02 Å². The predicted molar refractivity (Wildman–Crippen MR) is 112 cm³/mol. The SMILES string of the molecule is CN1CC[C@H](c2c(O)cc(O)c3c(=O)cc(-c4ccc(C(F)(F)F)cc4Cl)oc23)[C@H]1CO. The maximum atomic E-state index is 13.0. The molecule has 0 spiro atoms. The Morgan fingerprint density at radius 2 is 1.91 bits per heavy atom. The average molecular weight is 470 g/mol. The Morgan fingerprint density at radius 3 is 2.53 bits per heavy atom. The molecule has 0 amide bonds. The van der Waals surface area contributed by atoms with E-state index in [4.69, 9.17) is 16.0 Å². The van der Waals surface area contributed by atoms with E-state index in [1.165, 1.54) is 0 Å². The van der Waals surface area contributed by atoms with E-state index in [-0.39, 0.29) is 51.3 Å². The molecule has 170 valence electrons. The maximum Gasteiger partial charge on any atom is 0.416 e. The molecule has 1 aliphatic heterocycles. The summed E-state index contributed by atoms with van der Waals surface area (Å²) in [4.78, 5) is 14.7. The third-order valence-electron chi connectivity index (χ3n) is 5.94. The first-order chi connectivity index (χ1) is 15.0. The van der Waals surface area contributed by atoms with Crippen molar-refractivity contribution in [1.82, 2.24) is 4.90 Å². The predicted octanol–water partition coefficient (Wildman–Crippen LogP) is 4.32. The summed E-state index contributed by atoms with van der Waals surface area (Å²) in [6.45, 7) is 0.407. The highest BCUT2D eigenvalue weighted by atomic mass is 35.5. The van der Waals surface area contributed by atoms with Crippen LogP contribution < -0.4 is 5.43 Å². The van der Waals surface area contributed by atoms with E-state index in [0.717, 1.165) is 30.3 Å². The monoisotopic (exact) mass is 469 g/mol. The number of fused-ring (bicyclic) bond motifs is 1. The molecular weight excluding hydrogens is 451 g/mol. The molecule has 1 aliphatic rings. The number of likely N-dealkylation sites (tertiary alicyclic amines) is 1. The smallest absolute Gasteiger partial charge is 0.416 e. The Morgan fingerprint density at radius 1 is 1.19 bits per heavy atom. The number of halogens is 4. The standard InChI is InChI=1S/C22H19ClF3NO5/c1-27-5-4-12(14(27)9-28)19-15(29)7-16(30)20-17(31)8-18(32-21(19)20)11-3-2-10(6-13(11)23)22(24,25)26/h2-3,6-8,12,14,28-30H,4-5,9H2,1H3/t12-,14+/m0/s1. The summed E-state index contributed by atoms with van der Waals surface area (Å²) in [6.07, 6.45) is -4.05. The summed E-state index contributed by atoms with van der Waals surface area (Å²) >= 11 is 6.07. The third-order valence-corrected chi connectivity index (χ3v) is 6.25. The number of phenolic OH excluding ortho intramolecular Hbond substituents is 2. The zero-order valence-electron chi connectivity index (χ0n) is 16.8. The van der Waals surface area contributed by atoms with E-state index in [1.807, 2.05) is 11.9 Å². The number of hydrogen-bond acceptors (Lipinski definition) is 6. The van der Waals surface area contributed by atoms with Crippen molar-refractivity contribution in [3.63, 3.8) is 0 Å². The molecule has 3 N–H and O–H groups in total. The van der Waals surface area contributed by atoms with Gasteiger partial charge >= 0.3 is 6.18 Å². The Bertz CT molecular complexity index is 1260. The zero-order chi connectivity index (χ0) is 23.4. The molecule has 0 saturated carbocycles. The van der Waals surface area contributed by atoms with Crippen LogP contribution in [-0.2, 0) is 6.18 Å². The molecule has 1 aromatic heterocycles. The lowest BCUT2D eigenvalue weighted by molar-refractivity contribution is -0.137. The van der Waals surface area contributed by atoms with Crippen molar-refractivity contribution in [2.75, 3.05) is 20.2 Å². The zero-order valence-corrected chi connectivity index (χ0v) is 17.5. The summed E-state index contributed by atoms with van der Waals surface area (Å²) in [7, 11) is 1.81. The van der Waals surface area contributed by atoms with Crippen LogP contribution in [0, 0.1) is 0 Å².